The number of hydrogen-bond donors (Lipinski definition) is 2. The summed E-state index contributed by atoms with van der Waals surface area (Å²) < 4.78 is 5.46. The minimum Gasteiger partial charge on any atom is -0.381 e. The van der Waals surface area contributed by atoms with Crippen molar-refractivity contribution in [3.8, 4) is 0 Å². The zero-order valence-electron chi connectivity index (χ0n) is 12.6. The number of carbonyl (C=O) groups excluding carboxylic acids is 2. The van der Waals surface area contributed by atoms with Crippen LogP contribution in [0.4, 0.5) is 0 Å². The Balaban J connectivity index is 1.86. The molecule has 2 amide bonds. The third-order valence-electron chi connectivity index (χ3n) is 4.13. The number of carbonyl (C=O) groups is 2. The van der Waals surface area contributed by atoms with E-state index in [0.29, 0.717) is 23.7 Å². The summed E-state index contributed by atoms with van der Waals surface area (Å²) >= 11 is 1.22. The second-order valence-corrected chi connectivity index (χ2v) is 6.49. The van der Waals surface area contributed by atoms with Crippen molar-refractivity contribution >= 4 is 23.2 Å². The zero-order chi connectivity index (χ0) is 16.3. The standard InChI is InChI=1S/C17H18N2O3S/c18-15(20)12-10-14(23-11-12)16(21)19-17(6-8-22-9-7-17)13-4-2-1-3-5-13/h1-5,10-11H,6-9H2,(H2,18,20)(H,19,21). The Morgan fingerprint density at radius 2 is 1.87 bits per heavy atom. The average Bonchev–Trinajstić information content (AvgIpc) is 3.07. The van der Waals surface area contributed by atoms with Crippen molar-refractivity contribution in [1.29, 1.82) is 0 Å². The van der Waals surface area contributed by atoms with Gasteiger partial charge in [0.15, 0.2) is 0 Å². The highest BCUT2D eigenvalue weighted by molar-refractivity contribution is 7.12. The molecule has 1 aromatic carbocycles. The van der Waals surface area contributed by atoms with Crippen LogP contribution in [-0.4, -0.2) is 25.0 Å². The SMILES string of the molecule is NC(=O)c1csc(C(=O)NC2(c3ccccc3)CCOCC2)c1. The van der Waals surface area contributed by atoms with Crippen LogP contribution in [0.25, 0.3) is 0 Å². The quantitative estimate of drug-likeness (QED) is 0.902. The van der Waals surface area contributed by atoms with E-state index in [-0.39, 0.29) is 5.91 Å². The first-order valence-electron chi connectivity index (χ1n) is 7.45. The fourth-order valence-electron chi connectivity index (χ4n) is 2.83. The van der Waals surface area contributed by atoms with Gasteiger partial charge in [0, 0.05) is 18.6 Å². The molecular formula is C17H18N2O3S. The van der Waals surface area contributed by atoms with Crippen molar-refractivity contribution in [3.05, 3.63) is 57.8 Å². The molecule has 0 saturated carbocycles. The Labute approximate surface area is 138 Å². The normalized spacial score (nSPS) is 16.7. The summed E-state index contributed by atoms with van der Waals surface area (Å²) in [5, 5.41) is 4.76. The van der Waals surface area contributed by atoms with Gasteiger partial charge in [-0.3, -0.25) is 9.59 Å². The molecule has 0 radical (unpaired) electrons. The molecule has 23 heavy (non-hydrogen) atoms. The van der Waals surface area contributed by atoms with E-state index in [1.165, 1.54) is 11.3 Å². The predicted molar refractivity (Wildman–Crippen MR) is 88.5 cm³/mol. The number of amides is 2. The molecule has 120 valence electrons. The molecule has 0 unspecified atom stereocenters. The summed E-state index contributed by atoms with van der Waals surface area (Å²) in [5.41, 5.74) is 6.25. The Kier molecular flexibility index (Phi) is 4.45. The van der Waals surface area contributed by atoms with Gasteiger partial charge in [-0.05, 0) is 24.5 Å². The van der Waals surface area contributed by atoms with Crippen LogP contribution >= 0.6 is 11.3 Å². The molecule has 6 heteroatoms. The summed E-state index contributed by atoms with van der Waals surface area (Å²) in [6.45, 7) is 1.21. The predicted octanol–water partition coefficient (Wildman–Crippen LogP) is 2.28. The van der Waals surface area contributed by atoms with E-state index >= 15 is 0 Å². The molecule has 0 bridgehead atoms. The fraction of sp³-hybridized carbons (Fsp3) is 0.294. The minimum absolute atomic E-state index is 0.187. The highest BCUT2D eigenvalue weighted by Crippen LogP contribution is 2.32. The maximum Gasteiger partial charge on any atom is 0.262 e. The van der Waals surface area contributed by atoms with Gasteiger partial charge in [-0.2, -0.15) is 0 Å². The Hall–Kier alpha value is -2.18. The first-order valence-corrected chi connectivity index (χ1v) is 8.33. The number of thiophene rings is 1. The first-order chi connectivity index (χ1) is 11.1. The van der Waals surface area contributed by atoms with E-state index in [0.717, 1.165) is 18.4 Å². The molecule has 1 aliphatic rings. The first kappa shape index (κ1) is 15.7. The van der Waals surface area contributed by atoms with Crippen molar-refractivity contribution in [1.82, 2.24) is 5.32 Å². The maximum atomic E-state index is 12.6. The largest absolute Gasteiger partial charge is 0.381 e. The molecule has 3 N–H and O–H groups in total. The highest BCUT2D eigenvalue weighted by atomic mass is 32.1. The van der Waals surface area contributed by atoms with Crippen molar-refractivity contribution in [2.75, 3.05) is 13.2 Å². The summed E-state index contributed by atoms with van der Waals surface area (Å²) in [5.74, 6) is -0.711. The minimum atomic E-state index is -0.524. The van der Waals surface area contributed by atoms with Gasteiger partial charge in [0.05, 0.1) is 16.0 Å². The molecule has 1 fully saturated rings. The molecule has 2 aromatic rings. The van der Waals surface area contributed by atoms with Crippen LogP contribution in [-0.2, 0) is 10.3 Å². The Morgan fingerprint density at radius 1 is 1.17 bits per heavy atom. The molecule has 2 heterocycles. The monoisotopic (exact) mass is 330 g/mol. The Morgan fingerprint density at radius 3 is 2.48 bits per heavy atom. The van der Waals surface area contributed by atoms with Gasteiger partial charge in [-0.1, -0.05) is 30.3 Å². The van der Waals surface area contributed by atoms with E-state index in [2.05, 4.69) is 5.32 Å². The summed E-state index contributed by atoms with van der Waals surface area (Å²) in [7, 11) is 0. The van der Waals surface area contributed by atoms with Crippen molar-refractivity contribution in [3.63, 3.8) is 0 Å². The summed E-state index contributed by atoms with van der Waals surface area (Å²) in [6, 6.07) is 11.5. The maximum absolute atomic E-state index is 12.6. The van der Waals surface area contributed by atoms with E-state index < -0.39 is 11.4 Å². The second-order valence-electron chi connectivity index (χ2n) is 5.58. The van der Waals surface area contributed by atoms with Crippen molar-refractivity contribution < 1.29 is 14.3 Å². The highest BCUT2D eigenvalue weighted by Gasteiger charge is 2.36. The molecule has 0 atom stereocenters. The van der Waals surface area contributed by atoms with Gasteiger partial charge >= 0.3 is 0 Å². The van der Waals surface area contributed by atoms with Crippen LogP contribution in [0.2, 0.25) is 0 Å². The summed E-state index contributed by atoms with van der Waals surface area (Å²) in [4.78, 5) is 24.3. The molecule has 0 aliphatic carbocycles. The van der Waals surface area contributed by atoms with E-state index in [1.807, 2.05) is 30.3 Å². The lowest BCUT2D eigenvalue weighted by Crippen LogP contribution is -2.49. The third kappa shape index (κ3) is 3.28. The van der Waals surface area contributed by atoms with E-state index in [9.17, 15) is 9.59 Å². The van der Waals surface area contributed by atoms with Crippen LogP contribution in [0.5, 0.6) is 0 Å². The second kappa shape index (κ2) is 6.52. The molecule has 3 rings (SSSR count). The number of rotatable bonds is 4. The zero-order valence-corrected chi connectivity index (χ0v) is 13.4. The topological polar surface area (TPSA) is 81.4 Å². The molecular weight excluding hydrogens is 312 g/mol. The molecule has 1 saturated heterocycles. The molecule has 0 spiro atoms. The number of ether oxygens (including phenoxy) is 1. The van der Waals surface area contributed by atoms with Crippen LogP contribution < -0.4 is 11.1 Å². The number of nitrogens with two attached hydrogens (primary N) is 1. The number of primary amides is 1. The summed E-state index contributed by atoms with van der Waals surface area (Å²) in [6.07, 6.45) is 1.44. The van der Waals surface area contributed by atoms with Gasteiger partial charge < -0.3 is 15.8 Å². The number of hydrogen-bond acceptors (Lipinski definition) is 4. The number of benzene rings is 1. The Bertz CT molecular complexity index is 706. The van der Waals surface area contributed by atoms with Crippen LogP contribution in [0.15, 0.2) is 41.8 Å². The van der Waals surface area contributed by atoms with Crippen LogP contribution in [0.1, 0.15) is 38.4 Å². The molecule has 1 aromatic heterocycles. The van der Waals surface area contributed by atoms with Gasteiger partial charge in [0.1, 0.15) is 0 Å². The fourth-order valence-corrected chi connectivity index (χ4v) is 3.62. The van der Waals surface area contributed by atoms with Crippen molar-refractivity contribution in [2.45, 2.75) is 18.4 Å². The number of nitrogens with one attached hydrogen (secondary N) is 1. The lowest BCUT2D eigenvalue weighted by Gasteiger charge is -2.38. The lowest BCUT2D eigenvalue weighted by atomic mass is 9.82. The van der Waals surface area contributed by atoms with Crippen molar-refractivity contribution in [2.24, 2.45) is 5.73 Å². The smallest absolute Gasteiger partial charge is 0.262 e. The average molecular weight is 330 g/mol. The van der Waals surface area contributed by atoms with Gasteiger partial charge in [0.25, 0.3) is 5.91 Å². The van der Waals surface area contributed by atoms with Gasteiger partial charge in [0.2, 0.25) is 5.91 Å². The van der Waals surface area contributed by atoms with E-state index in [4.69, 9.17) is 10.5 Å². The van der Waals surface area contributed by atoms with Crippen LogP contribution in [0, 0.1) is 0 Å². The third-order valence-corrected chi connectivity index (χ3v) is 5.06. The van der Waals surface area contributed by atoms with Crippen LogP contribution in [0.3, 0.4) is 0 Å². The molecule has 1 aliphatic heterocycles. The van der Waals surface area contributed by atoms with Gasteiger partial charge in [-0.25, -0.2) is 0 Å². The van der Waals surface area contributed by atoms with E-state index in [1.54, 1.807) is 11.4 Å². The molecule has 5 nitrogen and oxygen atoms in total. The lowest BCUT2D eigenvalue weighted by molar-refractivity contribution is 0.0346. The van der Waals surface area contributed by atoms with Gasteiger partial charge in [-0.15, -0.1) is 11.3 Å².